The molecule has 1 aromatic rings. The Balaban J connectivity index is 3.02. The smallest absolute Gasteiger partial charge is 0.126 e. The maximum atomic E-state index is 11.8. The van der Waals surface area contributed by atoms with E-state index in [4.69, 9.17) is 4.74 Å². The lowest BCUT2D eigenvalue weighted by Gasteiger charge is -2.01. The minimum absolute atomic E-state index is 0.498. The number of rotatable bonds is 2. The average molecular weight is 152 g/mol. The Morgan fingerprint density at radius 2 is 2.09 bits per heavy atom. The van der Waals surface area contributed by atoms with Crippen molar-refractivity contribution in [2.24, 2.45) is 0 Å². The fourth-order valence-electron chi connectivity index (χ4n) is 0.872. The summed E-state index contributed by atoms with van der Waals surface area (Å²) < 4.78 is 16.7. The summed E-state index contributed by atoms with van der Waals surface area (Å²) >= 11 is 0. The molecule has 0 amide bonds. The molecule has 0 aliphatic heterocycles. The van der Waals surface area contributed by atoms with E-state index in [1.807, 2.05) is 12.1 Å². The Labute approximate surface area is 65.1 Å². The third-order valence-corrected chi connectivity index (χ3v) is 1.38. The molecule has 0 aromatic heterocycles. The van der Waals surface area contributed by atoms with Crippen molar-refractivity contribution in [1.82, 2.24) is 0 Å². The fourth-order valence-corrected chi connectivity index (χ4v) is 0.872. The second kappa shape index (κ2) is 3.76. The number of hydrogen-bond acceptors (Lipinski definition) is 1. The quantitative estimate of drug-likeness (QED) is 0.633. The zero-order valence-electron chi connectivity index (χ0n) is 6.25. The lowest BCUT2D eigenvalue weighted by molar-refractivity contribution is 0.414. The van der Waals surface area contributed by atoms with E-state index >= 15 is 0 Å². The number of benzene rings is 1. The Morgan fingerprint density at radius 3 is 2.73 bits per heavy atom. The lowest BCUT2D eigenvalue weighted by atomic mass is 10.2. The normalized spacial score (nSPS) is 10.4. The van der Waals surface area contributed by atoms with E-state index in [-0.39, 0.29) is 0 Å². The van der Waals surface area contributed by atoms with Gasteiger partial charge in [-0.2, -0.15) is 0 Å². The molecule has 0 N–H and O–H groups in total. The van der Waals surface area contributed by atoms with Crippen molar-refractivity contribution >= 4 is 6.08 Å². The predicted molar refractivity (Wildman–Crippen MR) is 43.1 cm³/mol. The third-order valence-electron chi connectivity index (χ3n) is 1.38. The lowest BCUT2D eigenvalue weighted by Crippen LogP contribution is -1.84. The minimum atomic E-state index is 0.498. The molecule has 58 valence electrons. The monoisotopic (exact) mass is 152 g/mol. The van der Waals surface area contributed by atoms with Crippen LogP contribution in [-0.4, -0.2) is 7.11 Å². The molecule has 1 nitrogen and oxygen atoms in total. The molecule has 2 heteroatoms. The fraction of sp³-hybridized carbons (Fsp3) is 0.111. The summed E-state index contributed by atoms with van der Waals surface area (Å²) in [6.07, 6.45) is 1.86. The van der Waals surface area contributed by atoms with Gasteiger partial charge in [0.05, 0.1) is 13.4 Å². The van der Waals surface area contributed by atoms with Gasteiger partial charge in [0.1, 0.15) is 5.75 Å². The topological polar surface area (TPSA) is 9.23 Å². The third kappa shape index (κ3) is 1.80. The van der Waals surface area contributed by atoms with Crippen molar-refractivity contribution < 1.29 is 9.13 Å². The van der Waals surface area contributed by atoms with Crippen LogP contribution in [0.25, 0.3) is 6.08 Å². The van der Waals surface area contributed by atoms with Crippen LogP contribution >= 0.6 is 0 Å². The van der Waals surface area contributed by atoms with Crippen LogP contribution in [0.2, 0.25) is 0 Å². The van der Waals surface area contributed by atoms with Gasteiger partial charge in [-0.3, -0.25) is 0 Å². The summed E-state index contributed by atoms with van der Waals surface area (Å²) in [4.78, 5) is 0. The molecular formula is C9H9FO. The molecule has 0 atom stereocenters. The first-order valence-corrected chi connectivity index (χ1v) is 3.28. The van der Waals surface area contributed by atoms with Crippen LogP contribution in [0.15, 0.2) is 30.6 Å². The molecule has 0 saturated carbocycles. The van der Waals surface area contributed by atoms with Crippen LogP contribution < -0.4 is 4.74 Å². The average Bonchev–Trinajstić information content (AvgIpc) is 2.06. The van der Waals surface area contributed by atoms with Gasteiger partial charge < -0.3 is 4.74 Å². The van der Waals surface area contributed by atoms with Crippen LogP contribution in [0.3, 0.4) is 0 Å². The zero-order chi connectivity index (χ0) is 8.10. The first-order valence-electron chi connectivity index (χ1n) is 3.28. The van der Waals surface area contributed by atoms with Crippen molar-refractivity contribution in [3.05, 3.63) is 36.2 Å². The summed E-state index contributed by atoms with van der Waals surface area (Å²) in [5, 5.41) is 0. The highest BCUT2D eigenvalue weighted by molar-refractivity contribution is 5.56. The first kappa shape index (κ1) is 7.79. The van der Waals surface area contributed by atoms with E-state index in [1.54, 1.807) is 19.2 Å². The summed E-state index contributed by atoms with van der Waals surface area (Å²) in [5.41, 5.74) is 0.748. The van der Waals surface area contributed by atoms with E-state index in [1.165, 1.54) is 6.08 Å². The Morgan fingerprint density at radius 1 is 1.36 bits per heavy atom. The number of methoxy groups -OCH3 is 1. The standard InChI is InChI=1S/C9H9FO/c1-11-9-5-3-2-4-8(9)6-7-10/h2-7H,1H3. The molecule has 0 bridgehead atoms. The summed E-state index contributed by atoms with van der Waals surface area (Å²) in [7, 11) is 1.56. The molecule has 0 aliphatic carbocycles. The van der Waals surface area contributed by atoms with Crippen LogP contribution in [-0.2, 0) is 0 Å². The number of para-hydroxylation sites is 1. The van der Waals surface area contributed by atoms with Gasteiger partial charge in [-0.25, -0.2) is 4.39 Å². The van der Waals surface area contributed by atoms with E-state index in [9.17, 15) is 4.39 Å². The van der Waals surface area contributed by atoms with Gasteiger partial charge in [0.25, 0.3) is 0 Å². The predicted octanol–water partition coefficient (Wildman–Crippen LogP) is 2.64. The molecule has 0 saturated heterocycles. The van der Waals surface area contributed by atoms with Crippen molar-refractivity contribution in [2.75, 3.05) is 7.11 Å². The van der Waals surface area contributed by atoms with Gasteiger partial charge in [-0.05, 0) is 12.1 Å². The van der Waals surface area contributed by atoms with Gasteiger partial charge in [-0.1, -0.05) is 18.2 Å². The molecule has 1 aromatic carbocycles. The van der Waals surface area contributed by atoms with Crippen molar-refractivity contribution in [1.29, 1.82) is 0 Å². The van der Waals surface area contributed by atoms with Crippen LogP contribution in [0, 0.1) is 0 Å². The highest BCUT2D eigenvalue weighted by Crippen LogP contribution is 2.18. The largest absolute Gasteiger partial charge is 0.496 e. The number of hydrogen-bond donors (Lipinski definition) is 0. The Kier molecular flexibility index (Phi) is 2.66. The number of ether oxygens (including phenoxy) is 1. The van der Waals surface area contributed by atoms with E-state index in [0.29, 0.717) is 12.1 Å². The van der Waals surface area contributed by atoms with E-state index in [2.05, 4.69) is 0 Å². The van der Waals surface area contributed by atoms with Crippen LogP contribution in [0.5, 0.6) is 5.75 Å². The van der Waals surface area contributed by atoms with Crippen molar-refractivity contribution in [2.45, 2.75) is 0 Å². The van der Waals surface area contributed by atoms with Crippen LogP contribution in [0.4, 0.5) is 4.39 Å². The second-order valence-corrected chi connectivity index (χ2v) is 2.03. The Bertz CT molecular complexity index is 255. The zero-order valence-corrected chi connectivity index (χ0v) is 6.25. The van der Waals surface area contributed by atoms with Crippen molar-refractivity contribution in [3.8, 4) is 5.75 Å². The maximum Gasteiger partial charge on any atom is 0.126 e. The molecule has 0 radical (unpaired) electrons. The van der Waals surface area contributed by atoms with Crippen molar-refractivity contribution in [3.63, 3.8) is 0 Å². The van der Waals surface area contributed by atoms with E-state index in [0.717, 1.165) is 5.56 Å². The van der Waals surface area contributed by atoms with Gasteiger partial charge >= 0.3 is 0 Å². The number of halogens is 1. The maximum absolute atomic E-state index is 11.8. The van der Waals surface area contributed by atoms with E-state index < -0.39 is 0 Å². The SMILES string of the molecule is COc1ccccc1C=CF. The molecule has 1 rings (SSSR count). The summed E-state index contributed by atoms with van der Waals surface area (Å²) in [6.45, 7) is 0. The second-order valence-electron chi connectivity index (χ2n) is 2.03. The highest BCUT2D eigenvalue weighted by Gasteiger charge is 1.94. The minimum Gasteiger partial charge on any atom is -0.496 e. The molecule has 0 spiro atoms. The molecule has 0 aliphatic rings. The summed E-state index contributed by atoms with van der Waals surface area (Å²) in [6, 6.07) is 7.25. The molecule has 0 heterocycles. The van der Waals surface area contributed by atoms with Gasteiger partial charge in [0.15, 0.2) is 0 Å². The van der Waals surface area contributed by atoms with Gasteiger partial charge in [-0.15, -0.1) is 0 Å². The first-order chi connectivity index (χ1) is 5.38. The molecule has 0 unspecified atom stereocenters. The van der Waals surface area contributed by atoms with Gasteiger partial charge in [0.2, 0.25) is 0 Å². The van der Waals surface area contributed by atoms with Crippen LogP contribution in [0.1, 0.15) is 5.56 Å². The molecule has 0 fully saturated rings. The Hall–Kier alpha value is -1.31. The van der Waals surface area contributed by atoms with Gasteiger partial charge in [0, 0.05) is 5.56 Å². The summed E-state index contributed by atoms with van der Waals surface area (Å²) in [5.74, 6) is 0.682. The molecular weight excluding hydrogens is 143 g/mol. The highest BCUT2D eigenvalue weighted by atomic mass is 19.1. The molecule has 11 heavy (non-hydrogen) atoms.